The van der Waals surface area contributed by atoms with Crippen molar-refractivity contribution >= 4 is 17.4 Å². The van der Waals surface area contributed by atoms with Crippen LogP contribution in [0.5, 0.6) is 0 Å². The molecule has 25 heavy (non-hydrogen) atoms. The van der Waals surface area contributed by atoms with Crippen LogP contribution in [0, 0.1) is 0 Å². The van der Waals surface area contributed by atoms with E-state index in [2.05, 4.69) is 11.4 Å². The molecule has 1 fully saturated rings. The molecule has 0 spiro atoms. The van der Waals surface area contributed by atoms with Crippen LogP contribution in [0.1, 0.15) is 61.9 Å². The molecule has 5 heteroatoms. The van der Waals surface area contributed by atoms with Crippen molar-refractivity contribution in [2.45, 2.75) is 57.8 Å². The van der Waals surface area contributed by atoms with Crippen LogP contribution in [0.2, 0.25) is 0 Å². The van der Waals surface area contributed by atoms with E-state index in [0.29, 0.717) is 11.7 Å². The van der Waals surface area contributed by atoms with Crippen molar-refractivity contribution in [3.8, 4) is 11.3 Å². The Hall–Kier alpha value is -2.43. The number of carbonyl (C=O) groups is 1. The van der Waals surface area contributed by atoms with E-state index in [1.54, 1.807) is 0 Å². The molecule has 1 aromatic carbocycles. The van der Waals surface area contributed by atoms with Crippen LogP contribution in [0.4, 0.5) is 11.5 Å². The fraction of sp³-hybridized carbons (Fsp3) is 0.450. The number of anilines is 2. The van der Waals surface area contributed by atoms with E-state index in [0.717, 1.165) is 54.0 Å². The van der Waals surface area contributed by atoms with Crippen LogP contribution in [0.15, 0.2) is 18.2 Å². The second-order valence-electron chi connectivity index (χ2n) is 7.19. The first-order chi connectivity index (χ1) is 12.1. The second kappa shape index (κ2) is 6.47. The van der Waals surface area contributed by atoms with Crippen molar-refractivity contribution in [1.29, 1.82) is 0 Å². The Morgan fingerprint density at radius 2 is 1.96 bits per heavy atom. The predicted molar refractivity (Wildman–Crippen MR) is 99.4 cm³/mol. The first-order valence-corrected chi connectivity index (χ1v) is 9.19. The minimum atomic E-state index is -0.0877. The number of aryl methyl sites for hydroxylation is 2. The predicted octanol–water partition coefficient (Wildman–Crippen LogP) is 3.83. The first-order valence-electron chi connectivity index (χ1n) is 9.19. The minimum absolute atomic E-state index is 0.0877. The molecular formula is C20H24N4O. The number of hydrogen-bond acceptors (Lipinski definition) is 4. The number of hydrogen-bond donors (Lipinski definition) is 2. The lowest BCUT2D eigenvalue weighted by atomic mass is 9.85. The van der Waals surface area contributed by atoms with E-state index in [4.69, 9.17) is 15.7 Å². The maximum absolute atomic E-state index is 11.7. The zero-order valence-electron chi connectivity index (χ0n) is 14.6. The molecule has 0 radical (unpaired) electrons. The van der Waals surface area contributed by atoms with Gasteiger partial charge in [-0.05, 0) is 43.4 Å². The maximum Gasteiger partial charge on any atom is 0.222 e. The zero-order valence-corrected chi connectivity index (χ0v) is 14.6. The molecule has 0 saturated heterocycles. The quantitative estimate of drug-likeness (QED) is 0.817. The van der Waals surface area contributed by atoms with Gasteiger partial charge < -0.3 is 11.1 Å². The summed E-state index contributed by atoms with van der Waals surface area (Å²) in [6.07, 6.45) is 7.70. The molecule has 5 nitrogen and oxygen atoms in total. The van der Waals surface area contributed by atoms with E-state index in [1.807, 2.05) is 12.1 Å². The standard InChI is InChI=1S/C20H24N4O/c1-12(25)22-20-18(13-5-3-2-4-6-13)24-19-16-9-8-15(21)11-14(16)7-10-17(19)23-20/h8-9,11,13H,2-7,10,21H2,1H3,(H,22,23,25). The molecule has 0 unspecified atom stereocenters. The first kappa shape index (κ1) is 16.1. The number of aromatic nitrogens is 2. The number of benzene rings is 1. The van der Waals surface area contributed by atoms with Gasteiger partial charge in [0.05, 0.1) is 17.1 Å². The van der Waals surface area contributed by atoms with Crippen LogP contribution in [0.25, 0.3) is 11.3 Å². The number of fused-ring (bicyclic) bond motifs is 3. The summed E-state index contributed by atoms with van der Waals surface area (Å²) >= 11 is 0. The molecule has 2 aromatic rings. The average molecular weight is 336 g/mol. The maximum atomic E-state index is 11.7. The zero-order chi connectivity index (χ0) is 17.4. The Balaban J connectivity index is 1.83. The van der Waals surface area contributed by atoms with E-state index < -0.39 is 0 Å². The van der Waals surface area contributed by atoms with E-state index in [-0.39, 0.29) is 5.91 Å². The largest absolute Gasteiger partial charge is 0.399 e. The molecule has 1 heterocycles. The topological polar surface area (TPSA) is 80.9 Å². The van der Waals surface area contributed by atoms with Crippen molar-refractivity contribution in [1.82, 2.24) is 9.97 Å². The van der Waals surface area contributed by atoms with Gasteiger partial charge in [-0.2, -0.15) is 0 Å². The monoisotopic (exact) mass is 336 g/mol. The van der Waals surface area contributed by atoms with E-state index >= 15 is 0 Å². The molecule has 2 aliphatic carbocycles. The molecule has 0 atom stereocenters. The van der Waals surface area contributed by atoms with Crippen LogP contribution in [-0.2, 0) is 17.6 Å². The molecule has 1 amide bonds. The fourth-order valence-electron chi connectivity index (χ4n) is 4.10. The van der Waals surface area contributed by atoms with Gasteiger partial charge in [0.25, 0.3) is 0 Å². The fourth-order valence-corrected chi connectivity index (χ4v) is 4.10. The van der Waals surface area contributed by atoms with E-state index in [1.165, 1.54) is 31.7 Å². The van der Waals surface area contributed by atoms with Crippen molar-refractivity contribution in [3.63, 3.8) is 0 Å². The van der Waals surface area contributed by atoms with Crippen molar-refractivity contribution < 1.29 is 4.79 Å². The lowest BCUT2D eigenvalue weighted by Crippen LogP contribution is -2.19. The molecule has 2 aliphatic rings. The van der Waals surface area contributed by atoms with Gasteiger partial charge in [-0.1, -0.05) is 25.3 Å². The number of rotatable bonds is 2. The highest BCUT2D eigenvalue weighted by Gasteiger charge is 2.26. The summed E-state index contributed by atoms with van der Waals surface area (Å²) in [6, 6.07) is 6.03. The smallest absolute Gasteiger partial charge is 0.222 e. The minimum Gasteiger partial charge on any atom is -0.399 e. The summed E-state index contributed by atoms with van der Waals surface area (Å²) in [6.45, 7) is 1.53. The highest BCUT2D eigenvalue weighted by Crippen LogP contribution is 2.39. The molecule has 1 aromatic heterocycles. The van der Waals surface area contributed by atoms with Gasteiger partial charge in [0.15, 0.2) is 5.82 Å². The highest BCUT2D eigenvalue weighted by atomic mass is 16.1. The van der Waals surface area contributed by atoms with Gasteiger partial charge in [0.2, 0.25) is 5.91 Å². The Labute approximate surface area is 148 Å². The van der Waals surface area contributed by atoms with Gasteiger partial charge in [-0.3, -0.25) is 4.79 Å². The number of nitrogens with one attached hydrogen (secondary N) is 1. The molecule has 130 valence electrons. The summed E-state index contributed by atoms with van der Waals surface area (Å²) in [5.41, 5.74) is 12.0. The van der Waals surface area contributed by atoms with Gasteiger partial charge in [0, 0.05) is 24.1 Å². The van der Waals surface area contributed by atoms with Crippen molar-refractivity contribution in [2.75, 3.05) is 11.1 Å². The second-order valence-corrected chi connectivity index (χ2v) is 7.19. The Morgan fingerprint density at radius 1 is 1.16 bits per heavy atom. The molecular weight excluding hydrogens is 312 g/mol. The summed E-state index contributed by atoms with van der Waals surface area (Å²) in [5.74, 6) is 0.958. The van der Waals surface area contributed by atoms with E-state index in [9.17, 15) is 4.79 Å². The Morgan fingerprint density at radius 3 is 2.72 bits per heavy atom. The lowest BCUT2D eigenvalue weighted by molar-refractivity contribution is -0.114. The third-order valence-electron chi connectivity index (χ3n) is 5.30. The third kappa shape index (κ3) is 3.11. The summed E-state index contributed by atoms with van der Waals surface area (Å²) in [4.78, 5) is 21.5. The number of nitrogens with two attached hydrogens (primary N) is 1. The summed E-state index contributed by atoms with van der Waals surface area (Å²) in [5, 5.41) is 2.92. The molecule has 1 saturated carbocycles. The van der Waals surface area contributed by atoms with Crippen LogP contribution >= 0.6 is 0 Å². The summed E-state index contributed by atoms with van der Waals surface area (Å²) < 4.78 is 0. The molecule has 3 N–H and O–H groups in total. The number of amides is 1. The van der Waals surface area contributed by atoms with Gasteiger partial charge in [0.1, 0.15) is 0 Å². The van der Waals surface area contributed by atoms with Crippen LogP contribution < -0.4 is 11.1 Å². The van der Waals surface area contributed by atoms with Crippen LogP contribution in [-0.4, -0.2) is 15.9 Å². The highest BCUT2D eigenvalue weighted by molar-refractivity contribution is 5.88. The van der Waals surface area contributed by atoms with Gasteiger partial charge in [-0.25, -0.2) is 9.97 Å². The van der Waals surface area contributed by atoms with Gasteiger partial charge >= 0.3 is 0 Å². The lowest BCUT2D eigenvalue weighted by Gasteiger charge is -2.26. The average Bonchev–Trinajstić information content (AvgIpc) is 2.61. The Kier molecular flexibility index (Phi) is 4.15. The number of nitrogens with zero attached hydrogens (tertiary/aromatic N) is 2. The molecule has 0 aliphatic heterocycles. The number of nitrogen functional groups attached to an aromatic ring is 1. The SMILES string of the molecule is CC(=O)Nc1nc2c(nc1C1CCCCC1)-c1ccc(N)cc1CC2. The van der Waals surface area contributed by atoms with Crippen LogP contribution in [0.3, 0.4) is 0 Å². The third-order valence-corrected chi connectivity index (χ3v) is 5.30. The van der Waals surface area contributed by atoms with Gasteiger partial charge in [-0.15, -0.1) is 0 Å². The molecule has 0 bridgehead atoms. The van der Waals surface area contributed by atoms with Crippen molar-refractivity contribution in [3.05, 3.63) is 35.2 Å². The summed E-state index contributed by atoms with van der Waals surface area (Å²) in [7, 11) is 0. The Bertz CT molecular complexity index is 825. The normalized spacial score (nSPS) is 16.8. The van der Waals surface area contributed by atoms with Crippen molar-refractivity contribution in [2.24, 2.45) is 0 Å². The molecule has 4 rings (SSSR count). The number of carbonyl (C=O) groups excluding carboxylic acids is 1.